The van der Waals surface area contributed by atoms with E-state index in [0.717, 1.165) is 22.0 Å². The van der Waals surface area contributed by atoms with Gasteiger partial charge in [-0.15, -0.1) is 10.2 Å². The molecule has 0 fully saturated rings. The highest BCUT2D eigenvalue weighted by molar-refractivity contribution is 6.30. The zero-order chi connectivity index (χ0) is 11.7. The van der Waals surface area contributed by atoms with E-state index in [4.69, 9.17) is 11.6 Å². The van der Waals surface area contributed by atoms with E-state index in [9.17, 15) is 0 Å². The molecule has 0 unspecified atom stereocenters. The van der Waals surface area contributed by atoms with Crippen molar-refractivity contribution in [2.75, 3.05) is 0 Å². The molecule has 0 atom stereocenters. The number of nitrogens with zero attached hydrogens (tertiary/aromatic N) is 3. The summed E-state index contributed by atoms with van der Waals surface area (Å²) in [5.41, 5.74) is 2.19. The third-order valence-corrected chi connectivity index (χ3v) is 2.79. The fourth-order valence-electron chi connectivity index (χ4n) is 1.69. The average molecular weight is 236 g/mol. The number of halogens is 1. The predicted molar refractivity (Wildman–Crippen MR) is 65.6 cm³/mol. The first-order chi connectivity index (χ1) is 7.59. The van der Waals surface area contributed by atoms with Gasteiger partial charge >= 0.3 is 0 Å². The van der Waals surface area contributed by atoms with Gasteiger partial charge in [-0.2, -0.15) is 0 Å². The summed E-state index contributed by atoms with van der Waals surface area (Å²) in [6, 6.07) is 6.15. The van der Waals surface area contributed by atoms with Gasteiger partial charge in [0.2, 0.25) is 0 Å². The molecule has 0 bridgehead atoms. The van der Waals surface area contributed by atoms with Crippen molar-refractivity contribution in [3.8, 4) is 11.4 Å². The van der Waals surface area contributed by atoms with Crippen LogP contribution in [0.25, 0.3) is 11.4 Å². The molecule has 0 amide bonds. The molecular weight excluding hydrogens is 222 g/mol. The Morgan fingerprint density at radius 1 is 1.31 bits per heavy atom. The van der Waals surface area contributed by atoms with Gasteiger partial charge in [0, 0.05) is 16.6 Å². The maximum Gasteiger partial charge on any atom is 0.164 e. The lowest BCUT2D eigenvalue weighted by Crippen LogP contribution is -2.02. The second kappa shape index (κ2) is 4.26. The molecule has 3 nitrogen and oxygen atoms in total. The minimum Gasteiger partial charge on any atom is -0.311 e. The van der Waals surface area contributed by atoms with Crippen LogP contribution in [0.2, 0.25) is 5.02 Å². The van der Waals surface area contributed by atoms with Gasteiger partial charge in [-0.3, -0.25) is 0 Å². The highest BCUT2D eigenvalue weighted by Gasteiger charge is 2.11. The number of hydrogen-bond donors (Lipinski definition) is 0. The minimum atomic E-state index is 0.347. The molecule has 0 aliphatic rings. The molecule has 0 saturated carbocycles. The van der Waals surface area contributed by atoms with Crippen LogP contribution in [0.3, 0.4) is 0 Å². The highest BCUT2D eigenvalue weighted by Crippen LogP contribution is 2.25. The van der Waals surface area contributed by atoms with E-state index in [1.807, 2.05) is 25.1 Å². The van der Waals surface area contributed by atoms with Crippen LogP contribution < -0.4 is 0 Å². The summed E-state index contributed by atoms with van der Waals surface area (Å²) in [5.74, 6) is 0.893. The van der Waals surface area contributed by atoms with E-state index in [1.54, 1.807) is 6.33 Å². The zero-order valence-electron chi connectivity index (χ0n) is 9.61. The number of benzene rings is 1. The van der Waals surface area contributed by atoms with Crippen molar-refractivity contribution in [1.82, 2.24) is 14.8 Å². The highest BCUT2D eigenvalue weighted by atomic mass is 35.5. The Balaban J connectivity index is 2.54. The molecule has 0 saturated heterocycles. The van der Waals surface area contributed by atoms with Crippen LogP contribution in [-0.2, 0) is 0 Å². The van der Waals surface area contributed by atoms with E-state index in [-0.39, 0.29) is 0 Å². The number of aryl methyl sites for hydroxylation is 1. The molecule has 0 aliphatic heterocycles. The van der Waals surface area contributed by atoms with Crippen LogP contribution in [0.5, 0.6) is 0 Å². The van der Waals surface area contributed by atoms with Crippen LogP contribution >= 0.6 is 11.6 Å². The second-order valence-electron chi connectivity index (χ2n) is 4.11. The molecule has 16 heavy (non-hydrogen) atoms. The van der Waals surface area contributed by atoms with Crippen LogP contribution in [0, 0.1) is 6.92 Å². The summed E-state index contributed by atoms with van der Waals surface area (Å²) in [4.78, 5) is 0. The number of hydrogen-bond acceptors (Lipinski definition) is 2. The third-order valence-electron chi connectivity index (χ3n) is 2.56. The van der Waals surface area contributed by atoms with Crippen molar-refractivity contribution in [2.45, 2.75) is 26.8 Å². The van der Waals surface area contributed by atoms with Crippen molar-refractivity contribution in [3.05, 3.63) is 35.1 Å². The standard InChI is InChI=1S/C12H14ClN3/c1-8(2)16-7-14-15-12(16)11-5-4-10(13)6-9(11)3/h4-8H,1-3H3. The first-order valence-corrected chi connectivity index (χ1v) is 5.63. The maximum atomic E-state index is 5.94. The van der Waals surface area contributed by atoms with Crippen LogP contribution in [-0.4, -0.2) is 14.8 Å². The molecule has 1 aromatic carbocycles. The molecule has 84 valence electrons. The van der Waals surface area contributed by atoms with Crippen molar-refractivity contribution in [1.29, 1.82) is 0 Å². The Morgan fingerprint density at radius 2 is 2.06 bits per heavy atom. The first-order valence-electron chi connectivity index (χ1n) is 5.25. The van der Waals surface area contributed by atoms with Crippen molar-refractivity contribution >= 4 is 11.6 Å². The van der Waals surface area contributed by atoms with E-state index >= 15 is 0 Å². The van der Waals surface area contributed by atoms with E-state index in [2.05, 4.69) is 28.6 Å². The van der Waals surface area contributed by atoms with Gasteiger partial charge in [0.1, 0.15) is 6.33 Å². The van der Waals surface area contributed by atoms with Gasteiger partial charge in [0.25, 0.3) is 0 Å². The van der Waals surface area contributed by atoms with E-state index in [0.29, 0.717) is 6.04 Å². The Bertz CT molecular complexity index is 503. The topological polar surface area (TPSA) is 30.7 Å². The van der Waals surface area contributed by atoms with Gasteiger partial charge in [-0.05, 0) is 44.5 Å². The van der Waals surface area contributed by atoms with E-state index in [1.165, 1.54) is 0 Å². The van der Waals surface area contributed by atoms with E-state index < -0.39 is 0 Å². The van der Waals surface area contributed by atoms with Crippen LogP contribution in [0.1, 0.15) is 25.5 Å². The molecule has 0 N–H and O–H groups in total. The summed E-state index contributed by atoms with van der Waals surface area (Å²) in [6.45, 7) is 6.25. The fourth-order valence-corrected chi connectivity index (χ4v) is 1.92. The lowest BCUT2D eigenvalue weighted by atomic mass is 10.1. The smallest absolute Gasteiger partial charge is 0.164 e. The van der Waals surface area contributed by atoms with Gasteiger partial charge < -0.3 is 4.57 Å². The second-order valence-corrected chi connectivity index (χ2v) is 4.55. The average Bonchev–Trinajstić information content (AvgIpc) is 2.66. The quantitative estimate of drug-likeness (QED) is 0.798. The van der Waals surface area contributed by atoms with Crippen LogP contribution in [0.4, 0.5) is 0 Å². The first kappa shape index (κ1) is 11.1. The minimum absolute atomic E-state index is 0.347. The molecular formula is C12H14ClN3. The van der Waals surface area contributed by atoms with Gasteiger partial charge in [-0.25, -0.2) is 0 Å². The van der Waals surface area contributed by atoms with Crippen molar-refractivity contribution in [3.63, 3.8) is 0 Å². The molecule has 0 aliphatic carbocycles. The van der Waals surface area contributed by atoms with Gasteiger partial charge in [0.05, 0.1) is 0 Å². The predicted octanol–water partition coefficient (Wildman–Crippen LogP) is 3.49. The molecule has 1 heterocycles. The molecule has 2 aromatic rings. The Labute approximate surface area is 100 Å². The number of aromatic nitrogens is 3. The summed E-state index contributed by atoms with van der Waals surface area (Å²) in [7, 11) is 0. The summed E-state index contributed by atoms with van der Waals surface area (Å²) in [6.07, 6.45) is 1.76. The Morgan fingerprint density at radius 3 is 2.69 bits per heavy atom. The molecule has 1 aromatic heterocycles. The maximum absolute atomic E-state index is 5.94. The Hall–Kier alpha value is -1.35. The molecule has 0 radical (unpaired) electrons. The Kier molecular flexibility index (Phi) is 2.97. The zero-order valence-corrected chi connectivity index (χ0v) is 10.4. The summed E-state index contributed by atoms with van der Waals surface area (Å²) in [5, 5.41) is 8.88. The molecule has 4 heteroatoms. The lowest BCUT2D eigenvalue weighted by molar-refractivity contribution is 0.604. The van der Waals surface area contributed by atoms with Gasteiger partial charge in [-0.1, -0.05) is 11.6 Å². The normalized spacial score (nSPS) is 11.1. The molecule has 2 rings (SSSR count). The lowest BCUT2D eigenvalue weighted by Gasteiger charge is -2.11. The fraction of sp³-hybridized carbons (Fsp3) is 0.333. The molecule has 0 spiro atoms. The summed E-state index contributed by atoms with van der Waals surface area (Å²) >= 11 is 5.94. The number of rotatable bonds is 2. The van der Waals surface area contributed by atoms with Crippen LogP contribution in [0.15, 0.2) is 24.5 Å². The summed E-state index contributed by atoms with van der Waals surface area (Å²) < 4.78 is 2.05. The largest absolute Gasteiger partial charge is 0.311 e. The third kappa shape index (κ3) is 1.95. The van der Waals surface area contributed by atoms with Gasteiger partial charge in [0.15, 0.2) is 5.82 Å². The van der Waals surface area contributed by atoms with Crippen molar-refractivity contribution in [2.24, 2.45) is 0 Å². The SMILES string of the molecule is Cc1cc(Cl)ccc1-c1nncn1C(C)C. The van der Waals surface area contributed by atoms with Crippen molar-refractivity contribution < 1.29 is 0 Å². The monoisotopic (exact) mass is 235 g/mol.